The van der Waals surface area contributed by atoms with Crippen LogP contribution in [-0.2, 0) is 4.74 Å². The second-order valence-electron chi connectivity index (χ2n) is 2.95. The Hall–Kier alpha value is -2.04. The fourth-order valence-electron chi connectivity index (χ4n) is 1.35. The number of pyridine rings is 1. The number of esters is 1. The lowest BCUT2D eigenvalue weighted by Gasteiger charge is -2.01. The molecule has 0 amide bonds. The van der Waals surface area contributed by atoms with Crippen LogP contribution in [0.2, 0.25) is 0 Å². The maximum absolute atomic E-state index is 11.5. The topological polar surface area (TPSA) is 63.8 Å². The van der Waals surface area contributed by atoms with Crippen LogP contribution in [0.5, 0.6) is 5.75 Å². The molecule has 0 radical (unpaired) electrons. The average molecular weight is 206 g/mol. The first kappa shape index (κ1) is 9.51. The molecular formula is C10H10N2O3. The molecule has 1 N–H and O–H groups in total. The summed E-state index contributed by atoms with van der Waals surface area (Å²) < 4.78 is 6.35. The van der Waals surface area contributed by atoms with Crippen molar-refractivity contribution in [2.75, 3.05) is 6.61 Å². The van der Waals surface area contributed by atoms with Gasteiger partial charge in [0, 0.05) is 6.20 Å². The molecule has 2 heterocycles. The molecule has 15 heavy (non-hydrogen) atoms. The maximum Gasteiger partial charge on any atom is 0.356 e. The molecule has 0 saturated carbocycles. The lowest BCUT2D eigenvalue weighted by atomic mass is 10.4. The Bertz CT molecular complexity index is 504. The molecule has 0 atom stereocenters. The third kappa shape index (κ3) is 1.52. The zero-order chi connectivity index (χ0) is 10.8. The number of imidazole rings is 1. The van der Waals surface area contributed by atoms with Crippen LogP contribution in [0.25, 0.3) is 5.65 Å². The summed E-state index contributed by atoms with van der Waals surface area (Å²) in [5.41, 5.74) is 0.656. The largest absolute Gasteiger partial charge is 0.504 e. The molecule has 2 aromatic heterocycles. The van der Waals surface area contributed by atoms with E-state index in [0.717, 1.165) is 0 Å². The van der Waals surface area contributed by atoms with Gasteiger partial charge in [0.1, 0.15) is 0 Å². The number of carbonyl (C=O) groups is 1. The molecule has 0 unspecified atom stereocenters. The molecular weight excluding hydrogens is 196 g/mol. The van der Waals surface area contributed by atoms with E-state index in [0.29, 0.717) is 17.9 Å². The summed E-state index contributed by atoms with van der Waals surface area (Å²) in [7, 11) is 0. The molecule has 0 spiro atoms. The molecule has 0 aliphatic heterocycles. The van der Waals surface area contributed by atoms with E-state index in [4.69, 9.17) is 4.74 Å². The van der Waals surface area contributed by atoms with Gasteiger partial charge in [0.05, 0.1) is 12.8 Å². The molecule has 0 saturated heterocycles. The summed E-state index contributed by atoms with van der Waals surface area (Å²) in [5, 5.41) is 9.46. The van der Waals surface area contributed by atoms with Crippen molar-refractivity contribution in [1.29, 1.82) is 0 Å². The van der Waals surface area contributed by atoms with E-state index in [9.17, 15) is 9.90 Å². The number of fused-ring (bicyclic) bond motifs is 1. The van der Waals surface area contributed by atoms with E-state index in [1.54, 1.807) is 19.2 Å². The quantitative estimate of drug-likeness (QED) is 0.750. The van der Waals surface area contributed by atoms with Crippen LogP contribution >= 0.6 is 0 Å². The molecule has 0 fully saturated rings. The SMILES string of the molecule is CCOC(=O)c1cnc2c(O)cccn12. The smallest absolute Gasteiger partial charge is 0.356 e. The van der Waals surface area contributed by atoms with Crippen molar-refractivity contribution < 1.29 is 14.6 Å². The first-order chi connectivity index (χ1) is 7.24. The van der Waals surface area contributed by atoms with Gasteiger partial charge in [-0.25, -0.2) is 9.78 Å². The van der Waals surface area contributed by atoms with Gasteiger partial charge in [0.15, 0.2) is 17.1 Å². The Balaban J connectivity index is 2.54. The first-order valence-electron chi connectivity index (χ1n) is 4.56. The van der Waals surface area contributed by atoms with Crippen LogP contribution in [0.3, 0.4) is 0 Å². The minimum absolute atomic E-state index is 0.0352. The standard InChI is InChI=1S/C10H10N2O3/c1-2-15-10(14)7-6-11-9-8(13)4-3-5-12(7)9/h3-6,13H,2H2,1H3. The zero-order valence-electron chi connectivity index (χ0n) is 8.17. The average Bonchev–Trinajstić information content (AvgIpc) is 2.63. The number of aromatic hydroxyl groups is 1. The lowest BCUT2D eigenvalue weighted by molar-refractivity contribution is 0.0518. The second kappa shape index (κ2) is 3.61. The van der Waals surface area contributed by atoms with Crippen molar-refractivity contribution in [2.45, 2.75) is 6.92 Å². The predicted octanol–water partition coefficient (Wildman–Crippen LogP) is 1.22. The van der Waals surface area contributed by atoms with Crippen molar-refractivity contribution in [2.24, 2.45) is 0 Å². The highest BCUT2D eigenvalue weighted by Gasteiger charge is 2.13. The highest BCUT2D eigenvalue weighted by molar-refractivity contribution is 5.88. The number of hydrogen-bond acceptors (Lipinski definition) is 4. The van der Waals surface area contributed by atoms with Crippen LogP contribution in [0.15, 0.2) is 24.5 Å². The van der Waals surface area contributed by atoms with Crippen LogP contribution in [0, 0.1) is 0 Å². The number of hydrogen-bond donors (Lipinski definition) is 1. The van der Waals surface area contributed by atoms with Crippen molar-refractivity contribution in [3.8, 4) is 5.75 Å². The van der Waals surface area contributed by atoms with Gasteiger partial charge in [0.2, 0.25) is 0 Å². The number of carbonyl (C=O) groups excluding carboxylic acids is 1. The molecule has 0 aromatic carbocycles. The van der Waals surface area contributed by atoms with Crippen LogP contribution < -0.4 is 0 Å². The molecule has 78 valence electrons. The first-order valence-corrected chi connectivity index (χ1v) is 4.56. The number of nitrogens with zero attached hydrogens (tertiary/aromatic N) is 2. The Labute approximate surface area is 85.9 Å². The molecule has 5 heteroatoms. The van der Waals surface area contributed by atoms with Gasteiger partial charge in [-0.05, 0) is 19.1 Å². The number of aromatic nitrogens is 2. The summed E-state index contributed by atoms with van der Waals surface area (Å²) in [5.74, 6) is -0.413. The summed E-state index contributed by atoms with van der Waals surface area (Å²) in [6, 6.07) is 3.14. The van der Waals surface area contributed by atoms with Gasteiger partial charge in [-0.1, -0.05) is 0 Å². The third-order valence-corrected chi connectivity index (χ3v) is 2.00. The Morgan fingerprint density at radius 3 is 3.20 bits per heavy atom. The van der Waals surface area contributed by atoms with Gasteiger partial charge < -0.3 is 9.84 Å². The van der Waals surface area contributed by atoms with Crippen LogP contribution in [-0.4, -0.2) is 27.1 Å². The molecule has 2 rings (SSSR count). The van der Waals surface area contributed by atoms with E-state index in [1.807, 2.05) is 0 Å². The highest BCUT2D eigenvalue weighted by atomic mass is 16.5. The third-order valence-electron chi connectivity index (χ3n) is 2.00. The van der Waals surface area contributed by atoms with Gasteiger partial charge in [-0.2, -0.15) is 0 Å². The fraction of sp³-hybridized carbons (Fsp3) is 0.200. The monoisotopic (exact) mass is 206 g/mol. The number of ether oxygens (including phenoxy) is 1. The van der Waals surface area contributed by atoms with Gasteiger partial charge in [-0.3, -0.25) is 4.40 Å². The van der Waals surface area contributed by atoms with E-state index in [2.05, 4.69) is 4.98 Å². The Morgan fingerprint density at radius 1 is 1.67 bits per heavy atom. The van der Waals surface area contributed by atoms with Crippen molar-refractivity contribution in [3.63, 3.8) is 0 Å². The zero-order valence-corrected chi connectivity index (χ0v) is 8.17. The maximum atomic E-state index is 11.5. The van der Waals surface area contributed by atoms with Crippen LogP contribution in [0.1, 0.15) is 17.4 Å². The van der Waals surface area contributed by atoms with Crippen LogP contribution in [0.4, 0.5) is 0 Å². The van der Waals surface area contributed by atoms with E-state index in [-0.39, 0.29) is 5.75 Å². The summed E-state index contributed by atoms with van der Waals surface area (Å²) >= 11 is 0. The van der Waals surface area contributed by atoms with E-state index >= 15 is 0 Å². The molecule has 0 aliphatic rings. The molecule has 5 nitrogen and oxygen atoms in total. The minimum Gasteiger partial charge on any atom is -0.504 e. The van der Waals surface area contributed by atoms with Crippen molar-refractivity contribution in [3.05, 3.63) is 30.2 Å². The Morgan fingerprint density at radius 2 is 2.47 bits per heavy atom. The lowest BCUT2D eigenvalue weighted by Crippen LogP contribution is -2.07. The predicted molar refractivity (Wildman–Crippen MR) is 52.8 cm³/mol. The van der Waals surface area contributed by atoms with Gasteiger partial charge in [-0.15, -0.1) is 0 Å². The summed E-state index contributed by atoms with van der Waals surface area (Å²) in [6.07, 6.45) is 3.03. The minimum atomic E-state index is -0.449. The van der Waals surface area contributed by atoms with Crippen molar-refractivity contribution >= 4 is 11.6 Å². The van der Waals surface area contributed by atoms with E-state index in [1.165, 1.54) is 16.7 Å². The van der Waals surface area contributed by atoms with Gasteiger partial charge >= 0.3 is 5.97 Å². The normalized spacial score (nSPS) is 10.5. The highest BCUT2D eigenvalue weighted by Crippen LogP contribution is 2.17. The summed E-state index contributed by atoms with van der Waals surface area (Å²) in [6.45, 7) is 2.05. The fourth-order valence-corrected chi connectivity index (χ4v) is 1.35. The van der Waals surface area contributed by atoms with E-state index < -0.39 is 5.97 Å². The molecule has 0 bridgehead atoms. The molecule has 0 aliphatic carbocycles. The molecule has 2 aromatic rings. The Kier molecular flexibility index (Phi) is 2.29. The van der Waals surface area contributed by atoms with Gasteiger partial charge in [0.25, 0.3) is 0 Å². The number of rotatable bonds is 2. The summed E-state index contributed by atoms with van der Waals surface area (Å²) in [4.78, 5) is 15.4. The second-order valence-corrected chi connectivity index (χ2v) is 2.95. The van der Waals surface area contributed by atoms with Crippen molar-refractivity contribution in [1.82, 2.24) is 9.38 Å².